The third kappa shape index (κ3) is 14.7. The summed E-state index contributed by atoms with van der Waals surface area (Å²) in [5, 5.41) is 0. The summed E-state index contributed by atoms with van der Waals surface area (Å²) in [5.41, 5.74) is 7.85. The van der Waals surface area contributed by atoms with Crippen LogP contribution in [-0.2, 0) is 42.2 Å². The van der Waals surface area contributed by atoms with Gasteiger partial charge in [-0.25, -0.2) is 0 Å². The Hall–Kier alpha value is -1.73. The second-order valence-electron chi connectivity index (χ2n) is 10.4. The number of hydrogen-bond acceptors (Lipinski definition) is 2. The van der Waals surface area contributed by atoms with Gasteiger partial charge in [-0.15, -0.1) is 0 Å². The van der Waals surface area contributed by atoms with Gasteiger partial charge in [-0.1, -0.05) is 91.2 Å². The minimum absolute atomic E-state index is 0. The minimum Gasteiger partial charge on any atom is -0.255 e. The fourth-order valence-electron chi connectivity index (χ4n) is 4.77. The second kappa shape index (κ2) is 21.2. The summed E-state index contributed by atoms with van der Waals surface area (Å²) in [5.74, 6) is 0. The maximum atomic E-state index is 4.79. The summed E-state index contributed by atoms with van der Waals surface area (Å²) in [7, 11) is 0. The summed E-state index contributed by atoms with van der Waals surface area (Å²) in [6.45, 7) is 9.08. The summed E-state index contributed by atoms with van der Waals surface area (Å²) in [4.78, 5) is 9.58. The van der Waals surface area contributed by atoms with E-state index in [0.29, 0.717) is 0 Å². The Kier molecular flexibility index (Phi) is 19.1. The Morgan fingerprint density at radius 3 is 0.946 bits per heavy atom. The van der Waals surface area contributed by atoms with Gasteiger partial charge in [-0.05, 0) is 97.9 Å². The summed E-state index contributed by atoms with van der Waals surface area (Å²) in [6.07, 6.45) is 23.6. The quantitative estimate of drug-likeness (QED) is 0.0950. The topological polar surface area (TPSA) is 24.7 Å². The molecule has 0 bridgehead atoms. The number of aryl methyl sites for hydroxylation is 4. The van der Waals surface area contributed by atoms with Crippen molar-refractivity contribution in [3.63, 3.8) is 0 Å². The average molecular weight is 547 g/mol. The summed E-state index contributed by atoms with van der Waals surface area (Å²) in [6, 6.07) is 13.9. The molecule has 208 valence electrons. The van der Waals surface area contributed by atoms with Crippen molar-refractivity contribution in [3.8, 4) is 0 Å². The van der Waals surface area contributed by atoms with Crippen molar-refractivity contribution >= 4 is 23.8 Å². The molecule has 37 heavy (non-hydrogen) atoms. The Bertz CT molecular complexity index is 784. The molecule has 0 aliphatic rings. The number of aliphatic imine (C=N–C) groups is 2. The van der Waals surface area contributed by atoms with Crippen molar-refractivity contribution in [2.24, 2.45) is 9.98 Å². The Morgan fingerprint density at radius 2 is 0.703 bits per heavy atom. The molecule has 0 amide bonds. The molecule has 0 aliphatic heterocycles. The molecular formula is C34H52N2Ni. The predicted molar refractivity (Wildman–Crippen MR) is 162 cm³/mol. The number of hydrogen-bond donors (Lipinski definition) is 0. The maximum Gasteiger partial charge on any atom is 0.0635 e. The monoisotopic (exact) mass is 546 g/mol. The van der Waals surface area contributed by atoms with Crippen LogP contribution < -0.4 is 0 Å². The molecule has 0 aliphatic carbocycles. The van der Waals surface area contributed by atoms with E-state index in [4.69, 9.17) is 9.98 Å². The first-order valence-corrected chi connectivity index (χ1v) is 15.0. The molecular weight excluding hydrogens is 495 g/mol. The number of benzene rings is 2. The fraction of sp³-hybridized carbons (Fsp3) is 0.588. The molecule has 0 atom stereocenters. The van der Waals surface area contributed by atoms with Crippen LogP contribution >= 0.6 is 0 Å². The first-order chi connectivity index (χ1) is 17.7. The van der Waals surface area contributed by atoms with Crippen LogP contribution in [0.5, 0.6) is 0 Å². The second-order valence-corrected chi connectivity index (χ2v) is 10.4. The van der Waals surface area contributed by atoms with E-state index in [-0.39, 0.29) is 16.5 Å². The third-order valence-electron chi connectivity index (χ3n) is 6.86. The van der Waals surface area contributed by atoms with Crippen LogP contribution in [0.3, 0.4) is 0 Å². The molecule has 2 aromatic rings. The molecule has 2 rings (SSSR count). The molecule has 0 saturated heterocycles. The van der Waals surface area contributed by atoms with Crippen LogP contribution in [0.15, 0.2) is 46.4 Å². The van der Waals surface area contributed by atoms with Gasteiger partial charge in [0.15, 0.2) is 0 Å². The molecule has 0 N–H and O–H groups in total. The van der Waals surface area contributed by atoms with Crippen LogP contribution in [0.2, 0.25) is 0 Å². The molecule has 0 saturated carbocycles. The SMILES string of the molecule is CCCCCc1cc(CCCCC)cc(N=CC=Nc2cc(CCCCC)cc(CCCCC)c2)c1.[Ni]. The minimum atomic E-state index is 0. The summed E-state index contributed by atoms with van der Waals surface area (Å²) >= 11 is 0. The van der Waals surface area contributed by atoms with E-state index < -0.39 is 0 Å². The van der Waals surface area contributed by atoms with Gasteiger partial charge in [0.25, 0.3) is 0 Å². The van der Waals surface area contributed by atoms with Crippen molar-refractivity contribution in [2.75, 3.05) is 0 Å². The van der Waals surface area contributed by atoms with Crippen molar-refractivity contribution in [2.45, 2.75) is 130 Å². The van der Waals surface area contributed by atoms with Gasteiger partial charge in [-0.2, -0.15) is 0 Å². The Morgan fingerprint density at radius 1 is 0.432 bits per heavy atom. The molecule has 3 heteroatoms. The molecule has 2 aromatic carbocycles. The Balaban J connectivity index is 0.00000684. The van der Waals surface area contributed by atoms with Crippen molar-refractivity contribution in [3.05, 3.63) is 58.7 Å². The zero-order valence-corrected chi connectivity index (χ0v) is 25.1. The molecule has 2 nitrogen and oxygen atoms in total. The van der Waals surface area contributed by atoms with Crippen LogP contribution in [-0.4, -0.2) is 12.4 Å². The number of rotatable bonds is 19. The van der Waals surface area contributed by atoms with E-state index >= 15 is 0 Å². The summed E-state index contributed by atoms with van der Waals surface area (Å²) < 4.78 is 0. The molecule has 0 heterocycles. The van der Waals surface area contributed by atoms with Crippen LogP contribution in [0, 0.1) is 0 Å². The zero-order valence-electron chi connectivity index (χ0n) is 24.1. The first-order valence-electron chi connectivity index (χ1n) is 15.0. The van der Waals surface area contributed by atoms with Crippen LogP contribution in [0.4, 0.5) is 11.4 Å². The van der Waals surface area contributed by atoms with Crippen molar-refractivity contribution in [1.29, 1.82) is 0 Å². The number of unbranched alkanes of at least 4 members (excludes halogenated alkanes) is 8. The maximum absolute atomic E-state index is 4.79. The van der Waals surface area contributed by atoms with Gasteiger partial charge in [0.2, 0.25) is 0 Å². The van der Waals surface area contributed by atoms with Crippen LogP contribution in [0.25, 0.3) is 0 Å². The van der Waals surface area contributed by atoms with E-state index in [0.717, 1.165) is 37.1 Å². The standard InChI is InChI=1S/C34H52N2.Ni/c1-5-9-13-17-29-23-30(18-14-10-6-2)26-33(25-29)35-21-22-36-34-27-31(19-15-11-7-3)24-32(28-34)20-16-12-8-4;/h21-28H,5-20H2,1-4H3;. The van der Waals surface area contributed by atoms with E-state index in [1.807, 2.05) is 12.4 Å². The van der Waals surface area contributed by atoms with E-state index in [1.165, 1.54) is 99.3 Å². The van der Waals surface area contributed by atoms with Gasteiger partial charge < -0.3 is 0 Å². The van der Waals surface area contributed by atoms with Crippen LogP contribution in [0.1, 0.15) is 127 Å². The van der Waals surface area contributed by atoms with E-state index in [1.54, 1.807) is 0 Å². The fourth-order valence-corrected chi connectivity index (χ4v) is 4.77. The van der Waals surface area contributed by atoms with Crippen molar-refractivity contribution < 1.29 is 16.5 Å². The Labute approximate surface area is 238 Å². The van der Waals surface area contributed by atoms with Gasteiger partial charge in [0.1, 0.15) is 0 Å². The van der Waals surface area contributed by atoms with Gasteiger partial charge in [-0.3, -0.25) is 9.98 Å². The molecule has 0 unspecified atom stereocenters. The third-order valence-corrected chi connectivity index (χ3v) is 6.86. The average Bonchev–Trinajstić information content (AvgIpc) is 2.87. The largest absolute Gasteiger partial charge is 0.255 e. The number of nitrogens with zero attached hydrogens (tertiary/aromatic N) is 2. The van der Waals surface area contributed by atoms with Crippen molar-refractivity contribution in [1.82, 2.24) is 0 Å². The molecule has 0 fully saturated rings. The predicted octanol–water partition coefficient (Wildman–Crippen LogP) is 10.7. The molecule has 0 aromatic heterocycles. The van der Waals surface area contributed by atoms with Gasteiger partial charge in [0.05, 0.1) is 11.4 Å². The molecule has 0 spiro atoms. The normalized spacial score (nSPS) is 11.5. The van der Waals surface area contributed by atoms with E-state index in [2.05, 4.69) is 64.1 Å². The van der Waals surface area contributed by atoms with Gasteiger partial charge in [0, 0.05) is 28.9 Å². The zero-order chi connectivity index (χ0) is 25.8. The smallest absolute Gasteiger partial charge is 0.0635 e. The first kappa shape index (κ1) is 33.3. The molecule has 0 radical (unpaired) electrons. The van der Waals surface area contributed by atoms with E-state index in [9.17, 15) is 0 Å². The van der Waals surface area contributed by atoms with Gasteiger partial charge >= 0.3 is 0 Å².